The molecule has 4 aromatic rings. The highest BCUT2D eigenvalue weighted by Gasteiger charge is 2.21. The second-order valence-electron chi connectivity index (χ2n) is 13.0. The van der Waals surface area contributed by atoms with Crippen LogP contribution >= 0.6 is 15.8 Å². The SMILES string of the molecule is CCCCCP(CCCCC)Cc1ccc2ccccc2c1-c1c(CP(CCCCC)CCCCC)ccc2ccccc12. The lowest BCUT2D eigenvalue weighted by Crippen LogP contribution is -2.02. The zero-order chi connectivity index (χ0) is 31.0. The van der Waals surface area contributed by atoms with Crippen LogP contribution in [0.4, 0.5) is 0 Å². The highest BCUT2D eigenvalue weighted by Crippen LogP contribution is 2.50. The van der Waals surface area contributed by atoms with Crippen molar-refractivity contribution >= 4 is 37.4 Å². The number of unbranched alkanes of at least 4 members (excludes halogenated alkanes) is 8. The van der Waals surface area contributed by atoms with Crippen LogP contribution in [0.2, 0.25) is 0 Å². The summed E-state index contributed by atoms with van der Waals surface area (Å²) in [6.07, 6.45) is 24.7. The Kier molecular flexibility index (Phi) is 15.7. The highest BCUT2D eigenvalue weighted by atomic mass is 31.1. The first kappa shape index (κ1) is 35.1. The van der Waals surface area contributed by atoms with Gasteiger partial charge in [-0.05, 0) is 106 Å². The summed E-state index contributed by atoms with van der Waals surface area (Å²) < 4.78 is 0. The average molecular weight is 627 g/mol. The van der Waals surface area contributed by atoms with Gasteiger partial charge in [-0.15, -0.1) is 15.8 Å². The van der Waals surface area contributed by atoms with Gasteiger partial charge in [0.15, 0.2) is 0 Å². The highest BCUT2D eigenvalue weighted by molar-refractivity contribution is 7.57. The molecule has 238 valence electrons. The molecule has 0 spiro atoms. The van der Waals surface area contributed by atoms with Gasteiger partial charge in [-0.3, -0.25) is 0 Å². The van der Waals surface area contributed by atoms with Crippen molar-refractivity contribution in [2.45, 2.75) is 117 Å². The van der Waals surface area contributed by atoms with E-state index in [9.17, 15) is 0 Å². The van der Waals surface area contributed by atoms with Gasteiger partial charge in [0.1, 0.15) is 0 Å². The molecular weight excluding hydrogens is 566 g/mol. The fraction of sp³-hybridized carbons (Fsp3) is 0.524. The first-order valence-electron chi connectivity index (χ1n) is 18.2. The fourth-order valence-electron chi connectivity index (χ4n) is 6.85. The first-order chi connectivity index (χ1) is 21.7. The van der Waals surface area contributed by atoms with Crippen molar-refractivity contribution in [1.82, 2.24) is 0 Å². The minimum atomic E-state index is -0.00770. The van der Waals surface area contributed by atoms with Crippen LogP contribution in [0.25, 0.3) is 32.7 Å². The van der Waals surface area contributed by atoms with Gasteiger partial charge in [0.2, 0.25) is 0 Å². The maximum absolute atomic E-state index is 2.53. The largest absolute Gasteiger partial charge is 0.102 e. The third-order valence-corrected chi connectivity index (χ3v) is 14.8. The molecule has 2 heteroatoms. The lowest BCUT2D eigenvalue weighted by Gasteiger charge is -2.25. The standard InChI is InChI=1S/C42H60P2/c1-5-9-17-29-43(30-18-10-6-2)33-37-27-25-35-21-13-15-23-39(35)41(37)42-38(28-26-36-22-14-16-24-40(36)42)34-44(31-19-11-7-3)32-20-12-8-4/h13-16,21-28H,5-12,17-20,29-34H2,1-4H3. The molecule has 4 rings (SSSR count). The van der Waals surface area contributed by atoms with Crippen molar-refractivity contribution in [3.8, 4) is 11.1 Å². The molecule has 0 aliphatic heterocycles. The zero-order valence-corrected chi connectivity index (χ0v) is 30.3. The van der Waals surface area contributed by atoms with Crippen LogP contribution in [0.3, 0.4) is 0 Å². The van der Waals surface area contributed by atoms with E-state index in [-0.39, 0.29) is 15.8 Å². The van der Waals surface area contributed by atoms with Crippen LogP contribution in [-0.4, -0.2) is 24.6 Å². The molecule has 0 radical (unpaired) electrons. The second kappa shape index (κ2) is 19.7. The minimum Gasteiger partial charge on any atom is -0.102 e. The Morgan fingerprint density at radius 1 is 0.386 bits per heavy atom. The molecule has 0 bridgehead atoms. The Labute approximate surface area is 273 Å². The number of hydrogen-bond donors (Lipinski definition) is 0. The van der Waals surface area contributed by atoms with E-state index in [4.69, 9.17) is 0 Å². The molecule has 0 aliphatic carbocycles. The minimum absolute atomic E-state index is 0.00770. The summed E-state index contributed by atoms with van der Waals surface area (Å²) in [7, 11) is -0.0154. The molecule has 0 saturated heterocycles. The van der Waals surface area contributed by atoms with E-state index >= 15 is 0 Å². The number of hydrogen-bond acceptors (Lipinski definition) is 0. The number of fused-ring (bicyclic) bond motifs is 2. The lowest BCUT2D eigenvalue weighted by molar-refractivity contribution is 0.761. The van der Waals surface area contributed by atoms with E-state index in [1.807, 2.05) is 0 Å². The second-order valence-corrected chi connectivity index (χ2v) is 18.1. The molecule has 0 aromatic heterocycles. The Hall–Kier alpha value is -1.74. The predicted molar refractivity (Wildman–Crippen MR) is 206 cm³/mol. The third-order valence-electron chi connectivity index (χ3n) is 9.38. The van der Waals surface area contributed by atoms with Gasteiger partial charge in [0.25, 0.3) is 0 Å². The quantitative estimate of drug-likeness (QED) is 0.0638. The van der Waals surface area contributed by atoms with Crippen LogP contribution in [0, 0.1) is 0 Å². The van der Waals surface area contributed by atoms with E-state index in [1.54, 1.807) is 22.3 Å². The monoisotopic (exact) mass is 626 g/mol. The molecule has 0 heterocycles. The first-order valence-corrected chi connectivity index (χ1v) is 22.0. The Morgan fingerprint density at radius 3 is 1.07 bits per heavy atom. The maximum Gasteiger partial charge on any atom is -0.00606 e. The zero-order valence-electron chi connectivity index (χ0n) is 28.6. The maximum atomic E-state index is 2.53. The van der Waals surface area contributed by atoms with Crippen molar-refractivity contribution in [3.63, 3.8) is 0 Å². The van der Waals surface area contributed by atoms with Crippen molar-refractivity contribution in [2.75, 3.05) is 24.6 Å². The van der Waals surface area contributed by atoms with Crippen molar-refractivity contribution < 1.29 is 0 Å². The molecule has 0 amide bonds. The van der Waals surface area contributed by atoms with Crippen molar-refractivity contribution in [3.05, 3.63) is 83.9 Å². The molecule has 4 aromatic carbocycles. The molecule has 0 saturated carbocycles. The van der Waals surface area contributed by atoms with E-state index in [1.165, 1.54) is 136 Å². The molecule has 0 N–H and O–H groups in total. The summed E-state index contributed by atoms with van der Waals surface area (Å²) in [6.45, 7) is 9.40. The van der Waals surface area contributed by atoms with Gasteiger partial charge in [0, 0.05) is 0 Å². The fourth-order valence-corrected chi connectivity index (χ4v) is 12.1. The average Bonchev–Trinajstić information content (AvgIpc) is 3.05. The summed E-state index contributed by atoms with van der Waals surface area (Å²) in [5.41, 5.74) is 6.35. The molecule has 0 unspecified atom stereocenters. The van der Waals surface area contributed by atoms with Crippen LogP contribution < -0.4 is 0 Å². The molecule has 0 atom stereocenters. The van der Waals surface area contributed by atoms with E-state index in [0.29, 0.717) is 0 Å². The van der Waals surface area contributed by atoms with Crippen LogP contribution in [-0.2, 0) is 12.3 Å². The summed E-state index contributed by atoms with van der Waals surface area (Å²) >= 11 is 0. The third kappa shape index (κ3) is 10.1. The van der Waals surface area contributed by atoms with Gasteiger partial charge < -0.3 is 0 Å². The van der Waals surface area contributed by atoms with Gasteiger partial charge in [-0.1, -0.05) is 152 Å². The summed E-state index contributed by atoms with van der Waals surface area (Å²) in [4.78, 5) is 0. The molecule has 0 aliphatic rings. The predicted octanol–water partition coefficient (Wildman–Crippen LogP) is 14.4. The Balaban J connectivity index is 1.84. The lowest BCUT2D eigenvalue weighted by atomic mass is 9.88. The number of rotatable bonds is 21. The summed E-state index contributed by atoms with van der Waals surface area (Å²) in [6, 6.07) is 28.4. The van der Waals surface area contributed by atoms with Crippen molar-refractivity contribution in [2.24, 2.45) is 0 Å². The van der Waals surface area contributed by atoms with E-state index in [0.717, 1.165) is 0 Å². The van der Waals surface area contributed by atoms with Crippen molar-refractivity contribution in [1.29, 1.82) is 0 Å². The van der Waals surface area contributed by atoms with E-state index < -0.39 is 0 Å². The smallest absolute Gasteiger partial charge is 0.00606 e. The normalized spacial score (nSPS) is 11.9. The topological polar surface area (TPSA) is 0 Å². The van der Waals surface area contributed by atoms with E-state index in [2.05, 4.69) is 100 Å². The molecular formula is C42H60P2. The summed E-state index contributed by atoms with van der Waals surface area (Å²) in [5, 5.41) is 5.70. The molecule has 44 heavy (non-hydrogen) atoms. The van der Waals surface area contributed by atoms with Gasteiger partial charge >= 0.3 is 0 Å². The molecule has 0 nitrogen and oxygen atoms in total. The van der Waals surface area contributed by atoms with Crippen LogP contribution in [0.1, 0.15) is 116 Å². The van der Waals surface area contributed by atoms with Gasteiger partial charge in [0.05, 0.1) is 0 Å². The summed E-state index contributed by atoms with van der Waals surface area (Å²) in [5.74, 6) is 0. The Morgan fingerprint density at radius 2 is 0.727 bits per heavy atom. The van der Waals surface area contributed by atoms with Crippen LogP contribution in [0.5, 0.6) is 0 Å². The molecule has 0 fully saturated rings. The Bertz CT molecular complexity index is 1260. The van der Waals surface area contributed by atoms with Gasteiger partial charge in [-0.25, -0.2) is 0 Å². The number of benzene rings is 4. The van der Waals surface area contributed by atoms with Gasteiger partial charge in [-0.2, -0.15) is 0 Å². The van der Waals surface area contributed by atoms with Crippen LogP contribution in [0.15, 0.2) is 72.8 Å².